The Morgan fingerprint density at radius 2 is 2.32 bits per heavy atom. The molecule has 1 unspecified atom stereocenters. The topological polar surface area (TPSA) is 63.8 Å². The molecule has 1 aromatic heterocycles. The number of aromatic nitrogens is 2. The van der Waals surface area contributed by atoms with Crippen LogP contribution < -0.4 is 11.3 Å². The number of nitrogens with one attached hydrogen (secondary N) is 1. The van der Waals surface area contributed by atoms with E-state index in [2.05, 4.69) is 30.9 Å². The van der Waals surface area contributed by atoms with E-state index in [0.717, 1.165) is 21.5 Å². The van der Waals surface area contributed by atoms with E-state index in [4.69, 9.17) is 5.84 Å². The quantitative estimate of drug-likeness (QED) is 0.646. The first-order valence-electron chi connectivity index (χ1n) is 5.86. The molecule has 0 bridgehead atoms. The third-order valence-electron chi connectivity index (χ3n) is 2.88. The molecule has 3 N–H and O–H groups in total. The first-order valence-corrected chi connectivity index (χ1v) is 7.43. The minimum absolute atomic E-state index is 0.175. The van der Waals surface area contributed by atoms with E-state index in [1.807, 2.05) is 13.0 Å². The van der Waals surface area contributed by atoms with Crippen LogP contribution >= 0.6 is 27.5 Å². The van der Waals surface area contributed by atoms with Crippen LogP contribution in [0.3, 0.4) is 0 Å². The molecule has 0 saturated heterocycles. The highest BCUT2D eigenvalue weighted by molar-refractivity contribution is 9.10. The van der Waals surface area contributed by atoms with Gasteiger partial charge in [-0.25, -0.2) is 4.39 Å². The average Bonchev–Trinajstić information content (AvgIpc) is 2.86. The van der Waals surface area contributed by atoms with Crippen LogP contribution in [0.5, 0.6) is 0 Å². The van der Waals surface area contributed by atoms with E-state index in [1.54, 1.807) is 6.07 Å². The molecular formula is C12H14BrFN4S. The Bertz CT molecular complexity index is 560. The van der Waals surface area contributed by atoms with Gasteiger partial charge >= 0.3 is 0 Å². The van der Waals surface area contributed by atoms with Crippen molar-refractivity contribution >= 4 is 27.5 Å². The molecule has 2 aromatic rings. The van der Waals surface area contributed by atoms with Crippen molar-refractivity contribution in [2.24, 2.45) is 5.84 Å². The number of nitrogens with zero attached hydrogens (tertiary/aromatic N) is 2. The number of rotatable bonds is 5. The summed E-state index contributed by atoms with van der Waals surface area (Å²) in [6.45, 7) is 2.01. The predicted octanol–water partition coefficient (Wildman–Crippen LogP) is 2.75. The first-order chi connectivity index (χ1) is 9.15. The van der Waals surface area contributed by atoms with Crippen molar-refractivity contribution < 1.29 is 4.39 Å². The van der Waals surface area contributed by atoms with Gasteiger partial charge < -0.3 is 0 Å². The number of hydrogen-bond acceptors (Lipinski definition) is 5. The molecule has 7 heteroatoms. The lowest BCUT2D eigenvalue weighted by molar-refractivity contribution is 0.531. The summed E-state index contributed by atoms with van der Waals surface area (Å²) in [7, 11) is 0. The summed E-state index contributed by atoms with van der Waals surface area (Å²) < 4.78 is 18.5. The van der Waals surface area contributed by atoms with E-state index < -0.39 is 0 Å². The highest BCUT2D eigenvalue weighted by atomic mass is 79.9. The summed E-state index contributed by atoms with van der Waals surface area (Å²) in [5, 5.41) is 4.05. The van der Waals surface area contributed by atoms with Crippen molar-refractivity contribution in [1.29, 1.82) is 0 Å². The number of halogens is 2. The zero-order valence-corrected chi connectivity index (χ0v) is 12.8. The SMILES string of the molecule is CCc1nnsc1C(Cc1ccc(Br)cc1F)NN. The largest absolute Gasteiger partial charge is 0.271 e. The highest BCUT2D eigenvalue weighted by Crippen LogP contribution is 2.26. The van der Waals surface area contributed by atoms with Crippen molar-refractivity contribution in [3.05, 3.63) is 44.6 Å². The van der Waals surface area contributed by atoms with Crippen molar-refractivity contribution in [3.63, 3.8) is 0 Å². The highest BCUT2D eigenvalue weighted by Gasteiger charge is 2.19. The van der Waals surface area contributed by atoms with Gasteiger partial charge in [-0.15, -0.1) is 5.10 Å². The lowest BCUT2D eigenvalue weighted by Crippen LogP contribution is -2.29. The van der Waals surface area contributed by atoms with Crippen LogP contribution in [0.15, 0.2) is 22.7 Å². The average molecular weight is 345 g/mol. The Kier molecular flexibility index (Phi) is 4.98. The maximum Gasteiger partial charge on any atom is 0.127 e. The van der Waals surface area contributed by atoms with Gasteiger partial charge in [0.25, 0.3) is 0 Å². The molecule has 102 valence electrons. The lowest BCUT2D eigenvalue weighted by atomic mass is 10.0. The third kappa shape index (κ3) is 3.36. The second-order valence-electron chi connectivity index (χ2n) is 4.10. The van der Waals surface area contributed by atoms with Crippen molar-refractivity contribution in [2.75, 3.05) is 0 Å². The fraction of sp³-hybridized carbons (Fsp3) is 0.333. The van der Waals surface area contributed by atoms with E-state index in [-0.39, 0.29) is 11.9 Å². The standard InChI is InChI=1S/C12H14BrFN4S/c1-2-10-12(19-18-17-10)11(16-15)5-7-3-4-8(13)6-9(7)14/h3-4,6,11,16H,2,5,15H2,1H3. The predicted molar refractivity (Wildman–Crippen MR) is 77.2 cm³/mol. The second kappa shape index (κ2) is 6.51. The first kappa shape index (κ1) is 14.5. The van der Waals surface area contributed by atoms with Gasteiger partial charge in [0.2, 0.25) is 0 Å². The fourth-order valence-corrected chi connectivity index (χ4v) is 2.99. The van der Waals surface area contributed by atoms with Crippen LogP contribution in [0.2, 0.25) is 0 Å². The number of hydrazine groups is 1. The Morgan fingerprint density at radius 3 is 2.95 bits per heavy atom. The Balaban J connectivity index is 2.24. The smallest absolute Gasteiger partial charge is 0.127 e. The molecule has 0 aliphatic carbocycles. The molecule has 0 saturated carbocycles. The molecule has 2 rings (SSSR count). The monoisotopic (exact) mass is 344 g/mol. The lowest BCUT2D eigenvalue weighted by Gasteiger charge is -2.15. The summed E-state index contributed by atoms with van der Waals surface area (Å²) in [4.78, 5) is 0.965. The van der Waals surface area contributed by atoms with E-state index in [1.165, 1.54) is 17.6 Å². The summed E-state index contributed by atoms with van der Waals surface area (Å²) in [5.41, 5.74) is 4.24. The molecule has 0 aliphatic heterocycles. The number of nitrogens with two attached hydrogens (primary N) is 1. The Labute approximate surface area is 123 Å². The summed E-state index contributed by atoms with van der Waals surface area (Å²) >= 11 is 4.54. The van der Waals surface area contributed by atoms with Gasteiger partial charge in [-0.3, -0.25) is 11.3 Å². The number of benzene rings is 1. The van der Waals surface area contributed by atoms with Gasteiger partial charge in [-0.05, 0) is 42.1 Å². The molecule has 0 fully saturated rings. The van der Waals surface area contributed by atoms with Crippen molar-refractivity contribution in [3.8, 4) is 0 Å². The van der Waals surface area contributed by atoms with E-state index >= 15 is 0 Å². The van der Waals surface area contributed by atoms with Gasteiger partial charge in [-0.2, -0.15) is 0 Å². The van der Waals surface area contributed by atoms with Crippen LogP contribution in [-0.2, 0) is 12.8 Å². The zero-order valence-electron chi connectivity index (χ0n) is 10.4. The maximum absolute atomic E-state index is 13.8. The minimum Gasteiger partial charge on any atom is -0.271 e. The molecule has 1 atom stereocenters. The van der Waals surface area contributed by atoms with E-state index in [9.17, 15) is 4.39 Å². The number of hydrogen-bond donors (Lipinski definition) is 2. The van der Waals surface area contributed by atoms with Crippen LogP contribution in [0, 0.1) is 5.82 Å². The Hall–Kier alpha value is -0.890. The van der Waals surface area contributed by atoms with Crippen molar-refractivity contribution in [2.45, 2.75) is 25.8 Å². The number of aryl methyl sites for hydroxylation is 1. The van der Waals surface area contributed by atoms with Crippen molar-refractivity contribution in [1.82, 2.24) is 15.0 Å². The van der Waals surface area contributed by atoms with Gasteiger partial charge in [0, 0.05) is 4.47 Å². The van der Waals surface area contributed by atoms with Crippen LogP contribution in [-0.4, -0.2) is 9.59 Å². The molecule has 19 heavy (non-hydrogen) atoms. The summed E-state index contributed by atoms with van der Waals surface area (Å²) in [6.07, 6.45) is 1.25. The molecule has 1 heterocycles. The molecule has 1 aromatic carbocycles. The van der Waals surface area contributed by atoms with Gasteiger partial charge in [0.15, 0.2) is 0 Å². The van der Waals surface area contributed by atoms with Crippen LogP contribution in [0.1, 0.15) is 29.1 Å². The fourth-order valence-electron chi connectivity index (χ4n) is 1.86. The molecule has 0 radical (unpaired) electrons. The van der Waals surface area contributed by atoms with E-state index in [0.29, 0.717) is 12.0 Å². The molecule has 4 nitrogen and oxygen atoms in total. The third-order valence-corrected chi connectivity index (χ3v) is 4.25. The zero-order chi connectivity index (χ0) is 13.8. The normalized spacial score (nSPS) is 12.6. The van der Waals surface area contributed by atoms with Crippen LogP contribution in [0.25, 0.3) is 0 Å². The molecule has 0 amide bonds. The molecule has 0 aliphatic rings. The molecule has 0 spiro atoms. The maximum atomic E-state index is 13.8. The Morgan fingerprint density at radius 1 is 1.53 bits per heavy atom. The van der Waals surface area contributed by atoms with Gasteiger partial charge in [-0.1, -0.05) is 33.4 Å². The van der Waals surface area contributed by atoms with Gasteiger partial charge in [0.05, 0.1) is 16.6 Å². The second-order valence-corrected chi connectivity index (χ2v) is 5.80. The summed E-state index contributed by atoms with van der Waals surface area (Å²) in [6, 6.07) is 4.85. The molecular weight excluding hydrogens is 331 g/mol. The minimum atomic E-state index is -0.245. The van der Waals surface area contributed by atoms with Crippen LogP contribution in [0.4, 0.5) is 4.39 Å². The van der Waals surface area contributed by atoms with Gasteiger partial charge in [0.1, 0.15) is 5.82 Å². The summed E-state index contributed by atoms with van der Waals surface area (Å²) in [5.74, 6) is 5.34.